The second-order valence-electron chi connectivity index (χ2n) is 5.23. The first-order valence-corrected chi connectivity index (χ1v) is 8.23. The van der Waals surface area contributed by atoms with Crippen LogP contribution in [0.15, 0.2) is 53.4 Å². The van der Waals surface area contributed by atoms with Crippen molar-refractivity contribution in [1.82, 2.24) is 4.98 Å². The molecule has 1 N–H and O–H groups in total. The molecule has 0 atom stereocenters. The largest absolute Gasteiger partial charge is 0.487 e. The second-order valence-corrected chi connectivity index (χ2v) is 5.95. The number of rotatable bonds is 5. The van der Waals surface area contributed by atoms with E-state index in [9.17, 15) is 9.18 Å². The van der Waals surface area contributed by atoms with Gasteiger partial charge in [-0.15, -0.1) is 11.3 Å². The zero-order valence-electron chi connectivity index (χ0n) is 13.0. The summed E-state index contributed by atoms with van der Waals surface area (Å²) in [5.74, 6) is -0.302. The van der Waals surface area contributed by atoms with Crippen LogP contribution < -0.4 is 10.1 Å². The average molecular weight is 342 g/mol. The Kier molecular flexibility index (Phi) is 4.86. The van der Waals surface area contributed by atoms with Crippen molar-refractivity contribution < 1.29 is 13.9 Å². The zero-order chi connectivity index (χ0) is 16.9. The summed E-state index contributed by atoms with van der Waals surface area (Å²) in [4.78, 5) is 16.5. The minimum Gasteiger partial charge on any atom is -0.487 e. The lowest BCUT2D eigenvalue weighted by molar-refractivity contribution is 0.102. The molecule has 24 heavy (non-hydrogen) atoms. The molecule has 0 radical (unpaired) electrons. The van der Waals surface area contributed by atoms with Crippen molar-refractivity contribution in [3.05, 3.63) is 76.0 Å². The molecule has 0 spiro atoms. The molecule has 3 aromatic rings. The van der Waals surface area contributed by atoms with Crippen LogP contribution in [0.4, 0.5) is 10.1 Å². The standard InChI is InChI=1S/C18H15FN2O2S/c1-12-5-6-16(19)17(7-12)21-18(22)13-3-2-4-15(8-13)23-9-14-10-24-11-20-14/h2-8,10-11H,9H2,1H3,(H,21,22). The molecule has 6 heteroatoms. The van der Waals surface area contributed by atoms with E-state index in [0.717, 1.165) is 11.3 Å². The molecule has 1 heterocycles. The lowest BCUT2D eigenvalue weighted by Gasteiger charge is -2.09. The third-order valence-corrected chi connectivity index (χ3v) is 3.97. The highest BCUT2D eigenvalue weighted by Crippen LogP contribution is 2.19. The average Bonchev–Trinajstić information content (AvgIpc) is 3.10. The summed E-state index contributed by atoms with van der Waals surface area (Å²) in [7, 11) is 0. The molecule has 1 amide bonds. The summed E-state index contributed by atoms with van der Waals surface area (Å²) in [5.41, 5.74) is 3.99. The number of nitrogens with one attached hydrogen (secondary N) is 1. The van der Waals surface area contributed by atoms with Crippen LogP contribution in [0.25, 0.3) is 0 Å². The predicted molar refractivity (Wildman–Crippen MR) is 92.0 cm³/mol. The Morgan fingerprint density at radius 1 is 1.29 bits per heavy atom. The molecule has 0 fully saturated rings. The number of anilines is 1. The summed E-state index contributed by atoms with van der Waals surface area (Å²) < 4.78 is 19.4. The van der Waals surface area contributed by atoms with Crippen LogP contribution >= 0.6 is 11.3 Å². The highest BCUT2D eigenvalue weighted by Gasteiger charge is 2.10. The van der Waals surface area contributed by atoms with E-state index in [-0.39, 0.29) is 5.69 Å². The number of aromatic nitrogens is 1. The highest BCUT2D eigenvalue weighted by atomic mass is 32.1. The van der Waals surface area contributed by atoms with E-state index in [4.69, 9.17) is 4.74 Å². The second kappa shape index (κ2) is 7.23. The van der Waals surface area contributed by atoms with Gasteiger partial charge in [0.1, 0.15) is 18.2 Å². The molecular formula is C18H15FN2O2S. The van der Waals surface area contributed by atoms with Crippen molar-refractivity contribution >= 4 is 22.9 Å². The number of thiazole rings is 1. The number of hydrogen-bond acceptors (Lipinski definition) is 4. The van der Waals surface area contributed by atoms with Gasteiger partial charge >= 0.3 is 0 Å². The molecule has 0 unspecified atom stereocenters. The molecule has 4 nitrogen and oxygen atoms in total. The van der Waals surface area contributed by atoms with E-state index in [1.807, 2.05) is 12.3 Å². The van der Waals surface area contributed by atoms with Crippen molar-refractivity contribution in [2.45, 2.75) is 13.5 Å². The van der Waals surface area contributed by atoms with E-state index in [1.54, 1.807) is 41.9 Å². The Morgan fingerprint density at radius 2 is 2.17 bits per heavy atom. The normalized spacial score (nSPS) is 10.4. The third-order valence-electron chi connectivity index (χ3n) is 3.34. The molecule has 0 aliphatic rings. The molecule has 0 saturated carbocycles. The number of carbonyl (C=O) groups is 1. The quantitative estimate of drug-likeness (QED) is 0.747. The Hall–Kier alpha value is -2.73. The van der Waals surface area contributed by atoms with Gasteiger partial charge in [0.05, 0.1) is 16.9 Å². The number of ether oxygens (including phenoxy) is 1. The number of halogens is 1. The molecule has 2 aromatic carbocycles. The van der Waals surface area contributed by atoms with Gasteiger partial charge < -0.3 is 10.1 Å². The van der Waals surface area contributed by atoms with Crippen LogP contribution in [-0.2, 0) is 6.61 Å². The molecule has 122 valence electrons. The van der Waals surface area contributed by atoms with Gasteiger partial charge in [-0.3, -0.25) is 4.79 Å². The summed E-state index contributed by atoms with van der Waals surface area (Å²) in [6.07, 6.45) is 0. The predicted octanol–water partition coefficient (Wildman–Crippen LogP) is 4.42. The first-order chi connectivity index (χ1) is 11.6. The maximum absolute atomic E-state index is 13.8. The fourth-order valence-electron chi connectivity index (χ4n) is 2.12. The van der Waals surface area contributed by atoms with Gasteiger partial charge in [-0.25, -0.2) is 9.37 Å². The highest BCUT2D eigenvalue weighted by molar-refractivity contribution is 7.07. The summed E-state index contributed by atoms with van der Waals surface area (Å²) in [6.45, 7) is 2.17. The molecule has 1 aromatic heterocycles. The molecule has 3 rings (SSSR count). The van der Waals surface area contributed by atoms with E-state index >= 15 is 0 Å². The van der Waals surface area contributed by atoms with Gasteiger partial charge in [-0.1, -0.05) is 12.1 Å². The van der Waals surface area contributed by atoms with Crippen LogP contribution in [0.1, 0.15) is 21.6 Å². The monoisotopic (exact) mass is 342 g/mol. The van der Waals surface area contributed by atoms with Crippen LogP contribution in [-0.4, -0.2) is 10.9 Å². The van der Waals surface area contributed by atoms with Gasteiger partial charge in [-0.2, -0.15) is 0 Å². The first-order valence-electron chi connectivity index (χ1n) is 7.29. The maximum atomic E-state index is 13.8. The van der Waals surface area contributed by atoms with Crippen molar-refractivity contribution in [2.24, 2.45) is 0 Å². The summed E-state index contributed by atoms with van der Waals surface area (Å²) >= 11 is 1.50. The van der Waals surface area contributed by atoms with Crippen molar-refractivity contribution in [2.75, 3.05) is 5.32 Å². The number of carbonyl (C=O) groups excluding carboxylic acids is 1. The van der Waals surface area contributed by atoms with E-state index in [1.165, 1.54) is 17.4 Å². The van der Waals surface area contributed by atoms with Crippen LogP contribution in [0.3, 0.4) is 0 Å². The summed E-state index contributed by atoms with van der Waals surface area (Å²) in [6, 6.07) is 11.3. The molecule has 0 aliphatic heterocycles. The fraction of sp³-hybridized carbons (Fsp3) is 0.111. The molecule has 0 aliphatic carbocycles. The number of benzene rings is 2. The van der Waals surface area contributed by atoms with E-state index in [0.29, 0.717) is 17.9 Å². The van der Waals surface area contributed by atoms with Crippen LogP contribution in [0.5, 0.6) is 5.75 Å². The van der Waals surface area contributed by atoms with Crippen molar-refractivity contribution in [3.8, 4) is 5.75 Å². The van der Waals surface area contributed by atoms with Crippen LogP contribution in [0, 0.1) is 12.7 Å². The molecule has 0 bridgehead atoms. The van der Waals surface area contributed by atoms with E-state index in [2.05, 4.69) is 10.3 Å². The molecule has 0 saturated heterocycles. The maximum Gasteiger partial charge on any atom is 0.255 e. The van der Waals surface area contributed by atoms with Gasteiger partial charge in [-0.05, 0) is 42.8 Å². The third kappa shape index (κ3) is 3.97. The number of aryl methyl sites for hydroxylation is 1. The molecular weight excluding hydrogens is 327 g/mol. The lowest BCUT2D eigenvalue weighted by atomic mass is 10.1. The zero-order valence-corrected chi connectivity index (χ0v) is 13.8. The summed E-state index contributed by atoms with van der Waals surface area (Å²) in [5, 5.41) is 4.48. The van der Waals surface area contributed by atoms with Crippen LogP contribution in [0.2, 0.25) is 0 Å². The number of hydrogen-bond donors (Lipinski definition) is 1. The fourth-order valence-corrected chi connectivity index (χ4v) is 2.67. The SMILES string of the molecule is Cc1ccc(F)c(NC(=O)c2cccc(OCc3cscn3)c2)c1. The Balaban J connectivity index is 1.70. The number of nitrogens with zero attached hydrogens (tertiary/aromatic N) is 1. The van der Waals surface area contributed by atoms with Gasteiger partial charge in [0.25, 0.3) is 5.91 Å². The Labute approximate surface area is 142 Å². The van der Waals surface area contributed by atoms with Gasteiger partial charge in [0.15, 0.2) is 0 Å². The first kappa shape index (κ1) is 16.1. The van der Waals surface area contributed by atoms with Crippen molar-refractivity contribution in [1.29, 1.82) is 0 Å². The van der Waals surface area contributed by atoms with Gasteiger partial charge in [0.2, 0.25) is 0 Å². The van der Waals surface area contributed by atoms with Crippen molar-refractivity contribution in [3.63, 3.8) is 0 Å². The minimum absolute atomic E-state index is 0.161. The minimum atomic E-state index is -0.468. The number of amides is 1. The lowest BCUT2D eigenvalue weighted by Crippen LogP contribution is -2.13. The Bertz CT molecular complexity index is 850. The van der Waals surface area contributed by atoms with E-state index < -0.39 is 11.7 Å². The Morgan fingerprint density at radius 3 is 2.96 bits per heavy atom. The smallest absolute Gasteiger partial charge is 0.255 e. The topological polar surface area (TPSA) is 51.2 Å². The van der Waals surface area contributed by atoms with Gasteiger partial charge in [0, 0.05) is 10.9 Å².